The highest BCUT2D eigenvalue weighted by molar-refractivity contribution is 7.15. The van der Waals surface area contributed by atoms with Crippen LogP contribution in [0.5, 0.6) is 0 Å². The summed E-state index contributed by atoms with van der Waals surface area (Å²) in [5.41, 5.74) is 6.94. The van der Waals surface area contributed by atoms with Gasteiger partial charge in [0.15, 0.2) is 5.13 Å². The van der Waals surface area contributed by atoms with Crippen LogP contribution in [0.1, 0.15) is 50.1 Å². The summed E-state index contributed by atoms with van der Waals surface area (Å²) in [5.74, 6) is 0.243. The normalized spacial score (nSPS) is 17.9. The van der Waals surface area contributed by atoms with E-state index < -0.39 is 0 Å². The summed E-state index contributed by atoms with van der Waals surface area (Å²) in [6.45, 7) is 5.05. The molecule has 0 saturated heterocycles. The smallest absolute Gasteiger partial charge is 0.226 e. The standard InChI is InChI=1S/C16H25N3OS/c1-3-5-6-7-15(20)19(10-4-2)12-8-9-13-14(11-12)21-16(17)18-13/h5-6,12H,3-4,7-11H2,1-2H3,(H2,17,18)/b6-5-. The molecule has 2 N–H and O–H groups in total. The fourth-order valence-corrected chi connectivity index (χ4v) is 3.81. The predicted octanol–water partition coefficient (Wildman–Crippen LogP) is 3.18. The van der Waals surface area contributed by atoms with Gasteiger partial charge < -0.3 is 10.6 Å². The number of carbonyl (C=O) groups excluding carboxylic acids is 1. The molecular formula is C16H25N3OS. The van der Waals surface area contributed by atoms with Crippen molar-refractivity contribution < 1.29 is 4.79 Å². The van der Waals surface area contributed by atoms with E-state index in [9.17, 15) is 4.79 Å². The van der Waals surface area contributed by atoms with Crippen LogP contribution in [0.2, 0.25) is 0 Å². The summed E-state index contributed by atoms with van der Waals surface area (Å²) in [7, 11) is 0. The zero-order chi connectivity index (χ0) is 15.2. The van der Waals surface area contributed by atoms with Gasteiger partial charge in [-0.15, -0.1) is 11.3 Å². The molecule has 0 aliphatic heterocycles. The molecule has 1 atom stereocenters. The van der Waals surface area contributed by atoms with Crippen molar-refractivity contribution in [3.05, 3.63) is 22.7 Å². The van der Waals surface area contributed by atoms with E-state index in [0.29, 0.717) is 17.6 Å². The van der Waals surface area contributed by atoms with E-state index in [1.807, 2.05) is 6.08 Å². The number of fused-ring (bicyclic) bond motifs is 1. The van der Waals surface area contributed by atoms with Gasteiger partial charge in [-0.2, -0.15) is 0 Å². The van der Waals surface area contributed by atoms with Gasteiger partial charge in [-0.25, -0.2) is 4.98 Å². The number of nitrogens with two attached hydrogens (primary N) is 1. The largest absolute Gasteiger partial charge is 0.375 e. The summed E-state index contributed by atoms with van der Waals surface area (Å²) < 4.78 is 0. The number of carbonyl (C=O) groups is 1. The van der Waals surface area contributed by atoms with Crippen LogP contribution in [0, 0.1) is 0 Å². The molecular weight excluding hydrogens is 282 g/mol. The Bertz CT molecular complexity index is 510. The van der Waals surface area contributed by atoms with Crippen molar-refractivity contribution in [2.24, 2.45) is 0 Å². The molecule has 1 aliphatic rings. The maximum absolute atomic E-state index is 12.5. The van der Waals surface area contributed by atoms with E-state index in [4.69, 9.17) is 5.73 Å². The molecule has 1 heterocycles. The Morgan fingerprint density at radius 3 is 3.00 bits per heavy atom. The summed E-state index contributed by atoms with van der Waals surface area (Å²) in [6, 6.07) is 0.305. The van der Waals surface area contributed by atoms with Crippen molar-refractivity contribution in [2.45, 2.75) is 58.4 Å². The van der Waals surface area contributed by atoms with Crippen LogP contribution >= 0.6 is 11.3 Å². The SMILES string of the molecule is CC/C=C\CC(=O)N(CCC)C1CCc2nc(N)sc2C1. The molecule has 116 valence electrons. The summed E-state index contributed by atoms with van der Waals surface area (Å²) in [6.07, 6.45) is 9.39. The average molecular weight is 307 g/mol. The molecule has 1 aromatic rings. The van der Waals surface area contributed by atoms with E-state index in [-0.39, 0.29) is 5.91 Å². The lowest BCUT2D eigenvalue weighted by Crippen LogP contribution is -2.43. The summed E-state index contributed by atoms with van der Waals surface area (Å²) in [5, 5.41) is 0.653. The summed E-state index contributed by atoms with van der Waals surface area (Å²) >= 11 is 1.58. The van der Waals surface area contributed by atoms with Crippen molar-refractivity contribution in [1.82, 2.24) is 9.88 Å². The predicted molar refractivity (Wildman–Crippen MR) is 88.4 cm³/mol. The molecule has 5 heteroatoms. The molecule has 0 saturated carbocycles. The number of hydrogen-bond donors (Lipinski definition) is 1. The summed E-state index contributed by atoms with van der Waals surface area (Å²) in [4.78, 5) is 20.2. The monoisotopic (exact) mass is 307 g/mol. The highest BCUT2D eigenvalue weighted by Crippen LogP contribution is 2.30. The molecule has 0 bridgehead atoms. The van der Waals surface area contributed by atoms with Gasteiger partial charge in [0.25, 0.3) is 0 Å². The van der Waals surface area contributed by atoms with Crippen LogP contribution in [0.3, 0.4) is 0 Å². The highest BCUT2D eigenvalue weighted by Gasteiger charge is 2.28. The number of nitrogen functional groups attached to an aromatic ring is 1. The van der Waals surface area contributed by atoms with Crippen LogP contribution in [0.4, 0.5) is 5.13 Å². The minimum atomic E-state index is 0.243. The Labute approximate surface area is 131 Å². The van der Waals surface area contributed by atoms with Crippen LogP contribution in [0.25, 0.3) is 0 Å². The second-order valence-corrected chi connectivity index (χ2v) is 6.60. The van der Waals surface area contributed by atoms with Gasteiger partial charge in [0, 0.05) is 30.3 Å². The third kappa shape index (κ3) is 4.06. The minimum absolute atomic E-state index is 0.243. The van der Waals surface area contributed by atoms with Gasteiger partial charge in [-0.1, -0.05) is 26.0 Å². The number of thiazole rings is 1. The van der Waals surface area contributed by atoms with E-state index in [1.165, 1.54) is 4.88 Å². The molecule has 0 radical (unpaired) electrons. The molecule has 1 unspecified atom stereocenters. The first-order valence-corrected chi connectivity index (χ1v) is 8.65. The van der Waals surface area contributed by atoms with Gasteiger partial charge in [-0.05, 0) is 25.7 Å². The van der Waals surface area contributed by atoms with Crippen LogP contribution < -0.4 is 5.73 Å². The Kier molecular flexibility index (Phi) is 5.79. The van der Waals surface area contributed by atoms with Gasteiger partial charge >= 0.3 is 0 Å². The zero-order valence-corrected chi connectivity index (χ0v) is 13.8. The van der Waals surface area contributed by atoms with Crippen molar-refractivity contribution >= 4 is 22.4 Å². The minimum Gasteiger partial charge on any atom is -0.375 e. The second-order valence-electron chi connectivity index (χ2n) is 5.49. The third-order valence-corrected chi connectivity index (χ3v) is 4.80. The van der Waals surface area contributed by atoms with Crippen LogP contribution in [0.15, 0.2) is 12.2 Å². The van der Waals surface area contributed by atoms with Crippen molar-refractivity contribution in [1.29, 1.82) is 0 Å². The topological polar surface area (TPSA) is 59.2 Å². The van der Waals surface area contributed by atoms with Crippen LogP contribution in [-0.4, -0.2) is 28.4 Å². The average Bonchev–Trinajstić information content (AvgIpc) is 2.84. The number of hydrogen-bond acceptors (Lipinski definition) is 4. The van der Waals surface area contributed by atoms with Crippen molar-refractivity contribution in [2.75, 3.05) is 12.3 Å². The Morgan fingerprint density at radius 1 is 1.48 bits per heavy atom. The third-order valence-electron chi connectivity index (χ3n) is 3.85. The quantitative estimate of drug-likeness (QED) is 0.821. The fourth-order valence-electron chi connectivity index (χ4n) is 2.86. The first-order chi connectivity index (χ1) is 10.2. The molecule has 0 aromatic carbocycles. The number of aryl methyl sites for hydroxylation is 1. The number of anilines is 1. The number of amides is 1. The van der Waals surface area contributed by atoms with Crippen molar-refractivity contribution in [3.63, 3.8) is 0 Å². The lowest BCUT2D eigenvalue weighted by molar-refractivity contribution is -0.132. The number of nitrogens with zero attached hydrogens (tertiary/aromatic N) is 2. The molecule has 21 heavy (non-hydrogen) atoms. The first-order valence-electron chi connectivity index (χ1n) is 7.84. The van der Waals surface area contributed by atoms with Gasteiger partial charge in [0.05, 0.1) is 5.69 Å². The van der Waals surface area contributed by atoms with Crippen molar-refractivity contribution in [3.8, 4) is 0 Å². The zero-order valence-electron chi connectivity index (χ0n) is 13.0. The number of rotatable bonds is 6. The Morgan fingerprint density at radius 2 is 2.29 bits per heavy atom. The van der Waals surface area contributed by atoms with Crippen LogP contribution in [-0.2, 0) is 17.6 Å². The molecule has 2 rings (SSSR count). The van der Waals surface area contributed by atoms with E-state index in [2.05, 4.69) is 29.8 Å². The maximum Gasteiger partial charge on any atom is 0.226 e. The molecule has 1 aromatic heterocycles. The van der Waals surface area contributed by atoms with Gasteiger partial charge in [0.1, 0.15) is 0 Å². The number of aromatic nitrogens is 1. The number of allylic oxidation sites excluding steroid dienone is 1. The van der Waals surface area contributed by atoms with E-state index in [1.54, 1.807) is 11.3 Å². The fraction of sp³-hybridized carbons (Fsp3) is 0.625. The van der Waals surface area contributed by atoms with Gasteiger partial charge in [0.2, 0.25) is 5.91 Å². The second kappa shape index (κ2) is 7.59. The van der Waals surface area contributed by atoms with E-state index in [0.717, 1.165) is 44.3 Å². The first kappa shape index (κ1) is 16.0. The Balaban J connectivity index is 2.05. The Hall–Kier alpha value is -1.36. The lowest BCUT2D eigenvalue weighted by Gasteiger charge is -2.33. The lowest BCUT2D eigenvalue weighted by atomic mass is 9.95. The highest BCUT2D eigenvalue weighted by atomic mass is 32.1. The molecule has 0 spiro atoms. The molecule has 1 amide bonds. The molecule has 1 aliphatic carbocycles. The van der Waals surface area contributed by atoms with E-state index >= 15 is 0 Å². The van der Waals surface area contributed by atoms with Gasteiger partial charge in [-0.3, -0.25) is 4.79 Å². The molecule has 4 nitrogen and oxygen atoms in total. The molecule has 0 fully saturated rings. The maximum atomic E-state index is 12.5.